The van der Waals surface area contributed by atoms with E-state index in [-0.39, 0.29) is 16.5 Å². The fourth-order valence-corrected chi connectivity index (χ4v) is 3.60. The van der Waals surface area contributed by atoms with Crippen LogP contribution in [0.3, 0.4) is 0 Å². The van der Waals surface area contributed by atoms with Gasteiger partial charge < -0.3 is 10.6 Å². The predicted molar refractivity (Wildman–Crippen MR) is 71.5 cm³/mol. The number of amides is 1. The fraction of sp³-hybridized carbons (Fsp3) is 0.500. The highest BCUT2D eigenvalue weighted by Crippen LogP contribution is 2.40. The second-order valence-electron chi connectivity index (χ2n) is 5.73. The minimum absolute atomic E-state index is 0.0722. The maximum absolute atomic E-state index is 13.8. The van der Waals surface area contributed by atoms with Crippen molar-refractivity contribution in [3.05, 3.63) is 34.4 Å². The van der Waals surface area contributed by atoms with Crippen molar-refractivity contribution in [3.8, 4) is 0 Å². The van der Waals surface area contributed by atoms with Crippen molar-refractivity contribution in [2.24, 2.45) is 11.7 Å². The average molecular weight is 301 g/mol. The summed E-state index contributed by atoms with van der Waals surface area (Å²) >= 11 is 5.84. The maximum atomic E-state index is 13.8. The van der Waals surface area contributed by atoms with Crippen molar-refractivity contribution in [1.82, 2.24) is 4.90 Å². The Bertz CT molecular complexity index is 581. The lowest BCUT2D eigenvalue weighted by Crippen LogP contribution is -2.45. The van der Waals surface area contributed by atoms with Crippen LogP contribution >= 0.6 is 11.6 Å². The Kier molecular flexibility index (Phi) is 3.21. The van der Waals surface area contributed by atoms with Gasteiger partial charge in [0, 0.05) is 18.6 Å². The van der Waals surface area contributed by atoms with Crippen LogP contribution in [0.25, 0.3) is 0 Å². The molecule has 108 valence electrons. The quantitative estimate of drug-likeness (QED) is 0.810. The molecule has 6 heteroatoms. The van der Waals surface area contributed by atoms with E-state index in [1.54, 1.807) is 0 Å². The molecule has 2 atom stereocenters. The summed E-state index contributed by atoms with van der Waals surface area (Å²) in [5, 5.41) is -0.0722. The standard InChI is InChI=1S/C14H15ClF2N2O/c15-9-3-4-10(16)12(17)11(9)13(20)19-6-8-2-1-5-14(8,18)7-19/h3-4,8H,1-2,5-7,18H2. The smallest absolute Gasteiger partial charge is 0.258 e. The van der Waals surface area contributed by atoms with Gasteiger partial charge in [-0.1, -0.05) is 18.0 Å². The van der Waals surface area contributed by atoms with Crippen molar-refractivity contribution < 1.29 is 13.6 Å². The summed E-state index contributed by atoms with van der Waals surface area (Å²) in [5.74, 6) is -2.60. The number of benzene rings is 1. The zero-order chi connectivity index (χ0) is 14.5. The highest BCUT2D eigenvalue weighted by molar-refractivity contribution is 6.33. The summed E-state index contributed by atoms with van der Waals surface area (Å²) in [4.78, 5) is 13.9. The van der Waals surface area contributed by atoms with E-state index in [1.807, 2.05) is 0 Å². The van der Waals surface area contributed by atoms with Gasteiger partial charge in [-0.05, 0) is 30.9 Å². The van der Waals surface area contributed by atoms with Crippen LogP contribution in [0.15, 0.2) is 12.1 Å². The molecule has 0 aromatic heterocycles. The summed E-state index contributed by atoms with van der Waals surface area (Å²) < 4.78 is 27.1. The summed E-state index contributed by atoms with van der Waals surface area (Å²) in [7, 11) is 0. The van der Waals surface area contributed by atoms with Crippen LogP contribution in [0.4, 0.5) is 8.78 Å². The van der Waals surface area contributed by atoms with Crippen LogP contribution in [0.5, 0.6) is 0 Å². The molecule has 2 aliphatic rings. The van der Waals surface area contributed by atoms with E-state index in [9.17, 15) is 13.6 Å². The van der Waals surface area contributed by atoms with Crippen molar-refractivity contribution >= 4 is 17.5 Å². The maximum Gasteiger partial charge on any atom is 0.258 e. The first kappa shape index (κ1) is 13.8. The molecule has 1 aliphatic carbocycles. The topological polar surface area (TPSA) is 46.3 Å². The average Bonchev–Trinajstić information content (AvgIpc) is 2.89. The van der Waals surface area contributed by atoms with Gasteiger partial charge in [-0.15, -0.1) is 0 Å². The molecular formula is C14H15ClF2N2O. The predicted octanol–water partition coefficient (Wildman–Crippen LogP) is 2.57. The van der Waals surface area contributed by atoms with E-state index in [0.717, 1.165) is 25.3 Å². The van der Waals surface area contributed by atoms with Crippen LogP contribution in [-0.2, 0) is 0 Å². The third kappa shape index (κ3) is 2.00. The second kappa shape index (κ2) is 4.67. The van der Waals surface area contributed by atoms with Gasteiger partial charge in [0.15, 0.2) is 11.6 Å². The molecule has 20 heavy (non-hydrogen) atoms. The van der Waals surface area contributed by atoms with Gasteiger partial charge in [0.25, 0.3) is 5.91 Å². The molecule has 1 saturated carbocycles. The molecule has 1 saturated heterocycles. The summed E-state index contributed by atoms with van der Waals surface area (Å²) in [6.45, 7) is 0.865. The van der Waals surface area contributed by atoms with Crippen LogP contribution in [0.1, 0.15) is 29.6 Å². The molecule has 2 unspecified atom stereocenters. The van der Waals surface area contributed by atoms with E-state index in [1.165, 1.54) is 11.0 Å². The summed E-state index contributed by atoms with van der Waals surface area (Å²) in [6.07, 6.45) is 2.89. The zero-order valence-corrected chi connectivity index (χ0v) is 11.6. The van der Waals surface area contributed by atoms with Crippen molar-refractivity contribution in [1.29, 1.82) is 0 Å². The normalized spacial score (nSPS) is 28.8. The first-order chi connectivity index (χ1) is 9.42. The lowest BCUT2D eigenvalue weighted by Gasteiger charge is -2.23. The molecule has 0 bridgehead atoms. The number of nitrogens with zero attached hydrogens (tertiary/aromatic N) is 1. The van der Waals surface area contributed by atoms with Gasteiger partial charge in [-0.2, -0.15) is 0 Å². The van der Waals surface area contributed by atoms with Gasteiger partial charge in [0.05, 0.1) is 10.6 Å². The Hall–Kier alpha value is -1.20. The van der Waals surface area contributed by atoms with E-state index in [4.69, 9.17) is 17.3 Å². The molecule has 2 N–H and O–H groups in total. The van der Waals surface area contributed by atoms with E-state index >= 15 is 0 Å². The molecule has 2 fully saturated rings. The number of hydrogen-bond donors (Lipinski definition) is 1. The van der Waals surface area contributed by atoms with Gasteiger partial charge in [0.1, 0.15) is 0 Å². The van der Waals surface area contributed by atoms with Crippen LogP contribution < -0.4 is 5.73 Å². The third-order valence-electron chi connectivity index (χ3n) is 4.48. The zero-order valence-electron chi connectivity index (χ0n) is 10.8. The lowest BCUT2D eigenvalue weighted by atomic mass is 9.92. The SMILES string of the molecule is NC12CCCC1CN(C(=O)c1c(Cl)ccc(F)c1F)C2. The van der Waals surface area contributed by atoms with Gasteiger partial charge >= 0.3 is 0 Å². The van der Waals surface area contributed by atoms with E-state index < -0.39 is 23.1 Å². The molecule has 3 rings (SSSR count). The van der Waals surface area contributed by atoms with Crippen molar-refractivity contribution in [3.63, 3.8) is 0 Å². The summed E-state index contributed by atoms with van der Waals surface area (Å²) in [5.41, 5.74) is 5.51. The number of likely N-dealkylation sites (tertiary alicyclic amines) is 1. The highest BCUT2D eigenvalue weighted by Gasteiger charge is 2.48. The number of hydrogen-bond acceptors (Lipinski definition) is 2. The van der Waals surface area contributed by atoms with E-state index in [2.05, 4.69) is 0 Å². The first-order valence-electron chi connectivity index (χ1n) is 6.64. The molecular weight excluding hydrogens is 286 g/mol. The highest BCUT2D eigenvalue weighted by atomic mass is 35.5. The fourth-order valence-electron chi connectivity index (χ4n) is 3.37. The Balaban J connectivity index is 1.90. The number of fused-ring (bicyclic) bond motifs is 1. The minimum atomic E-state index is -1.19. The number of carbonyl (C=O) groups excluding carboxylic acids is 1. The van der Waals surface area contributed by atoms with Gasteiger partial charge in [-0.3, -0.25) is 4.79 Å². The minimum Gasteiger partial charge on any atom is -0.336 e. The van der Waals surface area contributed by atoms with Gasteiger partial charge in [-0.25, -0.2) is 8.78 Å². The van der Waals surface area contributed by atoms with Crippen LogP contribution in [0, 0.1) is 17.6 Å². The molecule has 1 amide bonds. The summed E-state index contributed by atoms with van der Waals surface area (Å²) in [6, 6.07) is 2.11. The van der Waals surface area contributed by atoms with Crippen molar-refractivity contribution in [2.75, 3.05) is 13.1 Å². The van der Waals surface area contributed by atoms with Gasteiger partial charge in [0.2, 0.25) is 0 Å². The van der Waals surface area contributed by atoms with Crippen LogP contribution in [-0.4, -0.2) is 29.4 Å². The number of rotatable bonds is 1. The van der Waals surface area contributed by atoms with Crippen LogP contribution in [0.2, 0.25) is 5.02 Å². The molecule has 3 nitrogen and oxygen atoms in total. The Morgan fingerprint density at radius 3 is 2.90 bits per heavy atom. The monoisotopic (exact) mass is 300 g/mol. The Morgan fingerprint density at radius 2 is 2.20 bits per heavy atom. The molecule has 1 aromatic rings. The first-order valence-corrected chi connectivity index (χ1v) is 7.02. The molecule has 0 radical (unpaired) electrons. The number of halogens is 3. The molecule has 1 aromatic carbocycles. The molecule has 1 aliphatic heterocycles. The Morgan fingerprint density at radius 1 is 1.45 bits per heavy atom. The number of nitrogens with two attached hydrogens (primary N) is 1. The van der Waals surface area contributed by atoms with Crippen molar-refractivity contribution in [2.45, 2.75) is 24.8 Å². The lowest BCUT2D eigenvalue weighted by molar-refractivity contribution is 0.0772. The van der Waals surface area contributed by atoms with E-state index in [0.29, 0.717) is 13.1 Å². The largest absolute Gasteiger partial charge is 0.336 e. The third-order valence-corrected chi connectivity index (χ3v) is 4.79. The Labute approximate surface area is 120 Å². The second-order valence-corrected chi connectivity index (χ2v) is 6.13. The molecule has 1 heterocycles. The number of carbonyl (C=O) groups is 1. The molecule has 0 spiro atoms.